The van der Waals surface area contributed by atoms with Gasteiger partial charge in [0, 0.05) is 23.5 Å². The van der Waals surface area contributed by atoms with Crippen LogP contribution >= 0.6 is 15.6 Å². The summed E-state index contributed by atoms with van der Waals surface area (Å²) in [6.07, 6.45) is 4.88. The SMILES string of the molecule is O.O=CO[O-].[C-]#[N+]Cc1cn(-c2ccc(-c3ccc4c(c3)C[C@H]3[C@H](COP(=O)(O)O)OC(=O)N43)cn2)nn1.[C-]#[N+]Cc1cn(-c2ccc(-c3ccc4c(c3)C[C@H]3[C@H](COP(=O)([O-])O)OC(=O)N43)cn2)nn1.[Na+].[Na+]. The number of amides is 2. The molecule has 0 spiro atoms. The van der Waals surface area contributed by atoms with Gasteiger partial charge in [-0.15, -0.1) is 10.2 Å². The fraction of sp³-hybridized carbons (Fsp3) is 0.244. The molecule has 4 aliphatic heterocycles. The molecular weight excluding hydrogens is 1020 g/mol. The van der Waals surface area contributed by atoms with Crippen LogP contribution in [0.15, 0.2) is 85.5 Å². The number of ether oxygens (including phenoxy) is 2. The summed E-state index contributed by atoms with van der Waals surface area (Å²) in [5, 5.41) is 24.3. The topological polar surface area (TPSA) is 372 Å². The van der Waals surface area contributed by atoms with Crippen LogP contribution in [0.4, 0.5) is 21.0 Å². The summed E-state index contributed by atoms with van der Waals surface area (Å²) in [6, 6.07) is 17.8. The van der Waals surface area contributed by atoms with Gasteiger partial charge in [-0.25, -0.2) is 46.6 Å². The summed E-state index contributed by atoms with van der Waals surface area (Å²) >= 11 is 0. The van der Waals surface area contributed by atoms with Gasteiger partial charge in [0.2, 0.25) is 0 Å². The second kappa shape index (κ2) is 24.9. The number of anilines is 2. The Morgan fingerprint density at radius 1 is 0.712 bits per heavy atom. The van der Waals surface area contributed by atoms with Gasteiger partial charge >= 0.3 is 79.1 Å². The molecule has 73 heavy (non-hydrogen) atoms. The van der Waals surface area contributed by atoms with Crippen LogP contribution in [0.3, 0.4) is 0 Å². The molecule has 28 nitrogen and oxygen atoms in total. The molecule has 0 bridgehead atoms. The molecule has 2 amide bonds. The Labute approximate surface area is 456 Å². The van der Waals surface area contributed by atoms with Gasteiger partial charge in [0.25, 0.3) is 27.4 Å². The molecule has 2 fully saturated rings. The number of benzene rings is 2. The third-order valence-electron chi connectivity index (χ3n) is 11.0. The minimum atomic E-state index is -4.91. The molecule has 8 heterocycles. The van der Waals surface area contributed by atoms with Crippen LogP contribution in [-0.4, -0.2) is 116 Å². The minimum Gasteiger partial charge on any atom is -0.756 e. The number of aromatic nitrogens is 8. The van der Waals surface area contributed by atoms with E-state index in [1.165, 1.54) is 19.2 Å². The summed E-state index contributed by atoms with van der Waals surface area (Å²) < 4.78 is 44.4. The molecule has 0 saturated carbocycles. The summed E-state index contributed by atoms with van der Waals surface area (Å²) in [4.78, 5) is 91.9. The summed E-state index contributed by atoms with van der Waals surface area (Å²) in [6.45, 7) is 13.1. The van der Waals surface area contributed by atoms with Gasteiger partial charge in [-0.1, -0.05) is 22.6 Å². The van der Waals surface area contributed by atoms with E-state index in [1.807, 2.05) is 48.5 Å². The number of rotatable bonds is 13. The van der Waals surface area contributed by atoms with Gasteiger partial charge in [0.15, 0.2) is 23.0 Å². The standard InChI is InChI=1S/2C20H17N6O6P.CH2O3.2Na.H2O/c2*1-21-9-15-10-25(24-23-15)19-5-3-13(8-22-19)12-2-4-16-14(6-12)7-17-18(11-31-33(28,29)30)32-20(27)26(16)17;2-1-4-3;;;/h2*2-6,8,10,17-18H,7,9,11H2,(H2,28,29,30);1,3H;;;1H2/q;;;2*+1;/p-2/t2*17-,18-;;;;/m00..../s1. The van der Waals surface area contributed by atoms with Crippen molar-refractivity contribution in [3.8, 4) is 33.9 Å². The number of carbonyl (C=O) groups is 3. The van der Waals surface area contributed by atoms with Crippen molar-refractivity contribution in [1.29, 1.82) is 0 Å². The van der Waals surface area contributed by atoms with Crippen LogP contribution < -0.4 is 79.1 Å². The van der Waals surface area contributed by atoms with E-state index < -0.39 is 58.7 Å². The quantitative estimate of drug-likeness (QED) is 0.0244. The molecule has 4 aliphatic rings. The number of hydrogen-bond donors (Lipinski definition) is 3. The summed E-state index contributed by atoms with van der Waals surface area (Å²) in [5.41, 5.74) is 7.84. The van der Waals surface area contributed by atoms with Gasteiger partial charge < -0.3 is 58.9 Å². The van der Waals surface area contributed by atoms with Crippen LogP contribution in [0.2, 0.25) is 0 Å². The Kier molecular flexibility index (Phi) is 19.8. The molecule has 2 aromatic carbocycles. The summed E-state index contributed by atoms with van der Waals surface area (Å²) in [7, 11) is -9.58. The third-order valence-corrected chi connectivity index (χ3v) is 12.0. The number of cyclic esters (lactones) is 2. The second-order valence-corrected chi connectivity index (χ2v) is 17.7. The molecule has 0 aliphatic carbocycles. The number of phosphoric acid groups is 2. The van der Waals surface area contributed by atoms with Crippen molar-refractivity contribution in [3.63, 3.8) is 0 Å². The van der Waals surface area contributed by atoms with Gasteiger partial charge in [-0.05, 0) is 83.6 Å². The molecule has 32 heteroatoms. The van der Waals surface area contributed by atoms with E-state index in [0.29, 0.717) is 47.2 Å². The van der Waals surface area contributed by atoms with E-state index in [2.05, 4.69) is 54.2 Å². The number of hydrogen-bond acceptors (Lipinski definition) is 18. The van der Waals surface area contributed by atoms with Gasteiger partial charge in [0.05, 0.1) is 49.1 Å². The van der Waals surface area contributed by atoms with Crippen molar-refractivity contribution in [2.75, 3.05) is 23.0 Å². The van der Waals surface area contributed by atoms with E-state index in [1.54, 1.807) is 36.9 Å². The van der Waals surface area contributed by atoms with Crippen LogP contribution in [0.25, 0.3) is 43.6 Å². The number of phosphoric ester groups is 2. The maximum atomic E-state index is 12.3. The fourth-order valence-electron chi connectivity index (χ4n) is 8.05. The predicted molar refractivity (Wildman–Crippen MR) is 235 cm³/mol. The maximum Gasteiger partial charge on any atom is 1.00 e. The zero-order chi connectivity index (χ0) is 49.7. The van der Waals surface area contributed by atoms with Crippen molar-refractivity contribution in [1.82, 2.24) is 40.0 Å². The Morgan fingerprint density at radius 3 is 1.48 bits per heavy atom. The van der Waals surface area contributed by atoms with Gasteiger partial charge in [-0.2, -0.15) is 0 Å². The van der Waals surface area contributed by atoms with Crippen LogP contribution in [0.1, 0.15) is 22.5 Å². The monoisotopic (exact) mass is 1060 g/mol. The van der Waals surface area contributed by atoms with Gasteiger partial charge in [-0.3, -0.25) is 23.7 Å². The Bertz CT molecular complexity index is 2920. The molecule has 5 N–H and O–H groups in total. The average molecular weight is 1060 g/mol. The largest absolute Gasteiger partial charge is 1.00 e. The van der Waals surface area contributed by atoms with E-state index in [9.17, 15) is 23.6 Å². The molecule has 10 rings (SSSR count). The van der Waals surface area contributed by atoms with Crippen LogP contribution in [0, 0.1) is 13.1 Å². The predicted octanol–water partition coefficient (Wildman–Crippen LogP) is -4.80. The van der Waals surface area contributed by atoms with Gasteiger partial charge in [0.1, 0.15) is 12.2 Å². The minimum absolute atomic E-state index is 0. The maximum absolute atomic E-state index is 12.3. The van der Waals surface area contributed by atoms with E-state index in [4.69, 9.17) is 47.4 Å². The zero-order valence-electron chi connectivity index (χ0n) is 38.2. The molecule has 0 radical (unpaired) electrons. The normalized spacial score (nSPS) is 18.3. The first-order chi connectivity index (χ1) is 33.6. The second-order valence-electron chi connectivity index (χ2n) is 15.3. The number of nitrogens with zero attached hydrogens (tertiary/aromatic N) is 12. The first kappa shape index (κ1) is 58.0. The Hall–Kier alpha value is -5.85. The Morgan fingerprint density at radius 2 is 1.12 bits per heavy atom. The van der Waals surface area contributed by atoms with Crippen molar-refractivity contribution in [2.45, 2.75) is 50.2 Å². The zero-order valence-corrected chi connectivity index (χ0v) is 44.0. The first-order valence-corrected chi connectivity index (χ1v) is 23.4. The van der Waals surface area contributed by atoms with Crippen LogP contribution in [-0.2, 0) is 63.3 Å². The number of pyridine rings is 2. The van der Waals surface area contributed by atoms with Crippen molar-refractivity contribution in [2.24, 2.45) is 0 Å². The molecule has 6 aromatic rings. The molecule has 5 atom stereocenters. The molecule has 4 aromatic heterocycles. The smallest absolute Gasteiger partial charge is 0.756 e. The fourth-order valence-corrected chi connectivity index (χ4v) is 8.73. The number of fused-ring (bicyclic) bond motifs is 6. The molecular formula is C41H36N12Na2O16P2. The third kappa shape index (κ3) is 13.7. The van der Waals surface area contributed by atoms with Crippen molar-refractivity contribution < 1.29 is 136 Å². The molecule has 368 valence electrons. The Balaban J connectivity index is 0.000000243. The average Bonchev–Trinajstić information content (AvgIpc) is 4.21. The van der Waals surface area contributed by atoms with Crippen molar-refractivity contribution in [3.05, 3.63) is 131 Å². The molecule has 2 saturated heterocycles. The van der Waals surface area contributed by atoms with Crippen LogP contribution in [0.5, 0.6) is 0 Å². The van der Waals surface area contributed by atoms with E-state index in [0.717, 1.165) is 33.4 Å². The van der Waals surface area contributed by atoms with E-state index >= 15 is 0 Å². The van der Waals surface area contributed by atoms with E-state index in [-0.39, 0.29) is 90.8 Å². The first-order valence-electron chi connectivity index (χ1n) is 20.3. The molecule has 1 unspecified atom stereocenters. The summed E-state index contributed by atoms with van der Waals surface area (Å²) in [5.74, 6) is 1.13. The van der Waals surface area contributed by atoms with Crippen molar-refractivity contribution >= 4 is 45.7 Å². The number of carbonyl (C=O) groups excluding carboxylic acids is 3.